The van der Waals surface area contributed by atoms with Crippen LogP contribution < -0.4 is 10.6 Å². The second kappa shape index (κ2) is 6.25. The lowest BCUT2D eigenvalue weighted by atomic mass is 10.1. The molecule has 18 heavy (non-hydrogen) atoms. The first-order valence-corrected chi connectivity index (χ1v) is 7.76. The van der Waals surface area contributed by atoms with Crippen molar-refractivity contribution < 1.29 is 4.79 Å². The summed E-state index contributed by atoms with van der Waals surface area (Å²) >= 11 is 1.77. The molecule has 2 rings (SSSR count). The molecule has 98 valence electrons. The molecule has 0 bridgehead atoms. The zero-order valence-electron chi connectivity index (χ0n) is 11.0. The number of carbonyl (C=O) groups is 1. The lowest BCUT2D eigenvalue weighted by Crippen LogP contribution is -2.36. The van der Waals surface area contributed by atoms with Gasteiger partial charge in [0.25, 0.3) is 5.91 Å². The van der Waals surface area contributed by atoms with Gasteiger partial charge in [0.1, 0.15) is 0 Å². The molecule has 0 saturated heterocycles. The fourth-order valence-corrected chi connectivity index (χ4v) is 2.89. The first kappa shape index (κ1) is 13.4. The average molecular weight is 264 g/mol. The molecule has 0 spiro atoms. The van der Waals surface area contributed by atoms with Crippen LogP contribution >= 0.6 is 11.8 Å². The third-order valence-corrected chi connectivity index (χ3v) is 4.03. The van der Waals surface area contributed by atoms with Crippen molar-refractivity contribution in [1.29, 1.82) is 0 Å². The number of hydrogen-bond donors (Lipinski definition) is 2. The van der Waals surface area contributed by atoms with E-state index in [1.165, 1.54) is 11.1 Å². The van der Waals surface area contributed by atoms with Crippen molar-refractivity contribution in [3.05, 3.63) is 34.9 Å². The molecule has 1 aliphatic heterocycles. The molecule has 3 nitrogen and oxygen atoms in total. The van der Waals surface area contributed by atoms with E-state index in [9.17, 15) is 4.79 Å². The van der Waals surface area contributed by atoms with Crippen molar-refractivity contribution in [2.75, 3.05) is 12.0 Å². The van der Waals surface area contributed by atoms with Gasteiger partial charge in [-0.05, 0) is 35.9 Å². The number of amides is 1. The zero-order valence-corrected chi connectivity index (χ0v) is 11.8. The summed E-state index contributed by atoms with van der Waals surface area (Å²) in [6.07, 6.45) is 3.04. The molecule has 1 aliphatic rings. The van der Waals surface area contributed by atoms with Crippen LogP contribution in [0.25, 0.3) is 0 Å². The number of hydrogen-bond acceptors (Lipinski definition) is 3. The Morgan fingerprint density at radius 1 is 1.44 bits per heavy atom. The Hall–Kier alpha value is -1.00. The highest BCUT2D eigenvalue weighted by Crippen LogP contribution is 2.17. The maximum absolute atomic E-state index is 12.1. The summed E-state index contributed by atoms with van der Waals surface area (Å²) in [6.45, 7) is 3.90. The minimum absolute atomic E-state index is 0.0469. The van der Waals surface area contributed by atoms with Gasteiger partial charge >= 0.3 is 0 Å². The largest absolute Gasteiger partial charge is 0.348 e. The molecule has 2 N–H and O–H groups in total. The van der Waals surface area contributed by atoms with E-state index in [-0.39, 0.29) is 11.9 Å². The zero-order chi connectivity index (χ0) is 13.0. The van der Waals surface area contributed by atoms with Crippen LogP contribution in [-0.2, 0) is 13.1 Å². The molecule has 0 saturated carbocycles. The summed E-state index contributed by atoms with van der Waals surface area (Å²) < 4.78 is 0. The molecule has 4 heteroatoms. The Morgan fingerprint density at radius 3 is 2.94 bits per heavy atom. The molecular weight excluding hydrogens is 244 g/mol. The van der Waals surface area contributed by atoms with E-state index in [1.807, 2.05) is 12.1 Å². The normalized spacial score (nSPS) is 15.2. The predicted molar refractivity (Wildman–Crippen MR) is 76.9 cm³/mol. The van der Waals surface area contributed by atoms with E-state index < -0.39 is 0 Å². The Bertz CT molecular complexity index is 434. The Morgan fingerprint density at radius 2 is 2.22 bits per heavy atom. The monoisotopic (exact) mass is 264 g/mol. The molecule has 0 aromatic heterocycles. The standard InChI is InChI=1S/C14H20N2OS/c1-3-13(9-18-2)16-14(17)10-4-5-11-7-15-8-12(11)6-10/h4-6,13,15H,3,7-9H2,1-2H3,(H,16,17). The average Bonchev–Trinajstić information content (AvgIpc) is 2.85. The lowest BCUT2D eigenvalue weighted by Gasteiger charge is -2.16. The summed E-state index contributed by atoms with van der Waals surface area (Å²) in [7, 11) is 0. The highest BCUT2D eigenvalue weighted by atomic mass is 32.2. The van der Waals surface area contributed by atoms with Gasteiger partial charge in [-0.3, -0.25) is 4.79 Å². The third-order valence-electron chi connectivity index (χ3n) is 3.30. The van der Waals surface area contributed by atoms with E-state index in [4.69, 9.17) is 0 Å². The van der Waals surface area contributed by atoms with E-state index in [2.05, 4.69) is 29.9 Å². The molecule has 0 fully saturated rings. The minimum Gasteiger partial charge on any atom is -0.348 e. The smallest absolute Gasteiger partial charge is 0.251 e. The fraction of sp³-hybridized carbons (Fsp3) is 0.500. The van der Waals surface area contributed by atoms with Crippen molar-refractivity contribution in [2.45, 2.75) is 32.5 Å². The molecule has 1 heterocycles. The Balaban J connectivity index is 2.04. The summed E-state index contributed by atoms with van der Waals surface area (Å²) in [5.74, 6) is 1.01. The van der Waals surface area contributed by atoms with Crippen molar-refractivity contribution in [3.63, 3.8) is 0 Å². The maximum Gasteiger partial charge on any atom is 0.251 e. The van der Waals surface area contributed by atoms with Crippen LogP contribution in [0, 0.1) is 0 Å². The Labute approximate surface area is 113 Å². The first-order chi connectivity index (χ1) is 8.74. The van der Waals surface area contributed by atoms with Crippen molar-refractivity contribution >= 4 is 17.7 Å². The van der Waals surface area contributed by atoms with Crippen LogP contribution in [0.5, 0.6) is 0 Å². The highest BCUT2D eigenvalue weighted by molar-refractivity contribution is 7.98. The molecule has 0 aliphatic carbocycles. The van der Waals surface area contributed by atoms with Gasteiger partial charge in [-0.25, -0.2) is 0 Å². The number of fused-ring (bicyclic) bond motifs is 1. The first-order valence-electron chi connectivity index (χ1n) is 6.37. The molecule has 0 radical (unpaired) electrons. The number of benzene rings is 1. The second-order valence-corrected chi connectivity index (χ2v) is 5.53. The van der Waals surface area contributed by atoms with Crippen molar-refractivity contribution in [1.82, 2.24) is 10.6 Å². The molecular formula is C14H20N2OS. The van der Waals surface area contributed by atoms with Crippen LogP contribution in [0.1, 0.15) is 34.8 Å². The van der Waals surface area contributed by atoms with Crippen molar-refractivity contribution in [2.24, 2.45) is 0 Å². The molecule has 1 unspecified atom stereocenters. The summed E-state index contributed by atoms with van der Waals surface area (Å²) in [6, 6.07) is 6.25. The SMILES string of the molecule is CCC(CSC)NC(=O)c1ccc2c(c1)CNC2. The van der Waals surface area contributed by atoms with Crippen LogP contribution in [0.2, 0.25) is 0 Å². The number of nitrogens with one attached hydrogen (secondary N) is 2. The van der Waals surface area contributed by atoms with Crippen molar-refractivity contribution in [3.8, 4) is 0 Å². The third kappa shape index (κ3) is 3.06. The van der Waals surface area contributed by atoms with Gasteiger partial charge in [0.15, 0.2) is 0 Å². The summed E-state index contributed by atoms with van der Waals surface area (Å²) in [4.78, 5) is 12.1. The van der Waals surface area contributed by atoms with Gasteiger partial charge < -0.3 is 10.6 Å². The quantitative estimate of drug-likeness (QED) is 0.856. The van der Waals surface area contributed by atoms with E-state index in [0.717, 1.165) is 30.8 Å². The number of rotatable bonds is 5. The topological polar surface area (TPSA) is 41.1 Å². The van der Waals surface area contributed by atoms with Crippen LogP contribution in [0.4, 0.5) is 0 Å². The van der Waals surface area contributed by atoms with Gasteiger partial charge in [-0.1, -0.05) is 13.0 Å². The Kier molecular flexibility index (Phi) is 4.66. The maximum atomic E-state index is 12.1. The molecule has 1 aromatic carbocycles. The van der Waals surface area contributed by atoms with Gasteiger partial charge in [0, 0.05) is 30.4 Å². The van der Waals surface area contributed by atoms with E-state index in [0.29, 0.717) is 0 Å². The summed E-state index contributed by atoms with van der Waals surface area (Å²) in [5, 5.41) is 6.39. The van der Waals surface area contributed by atoms with Crippen LogP contribution in [-0.4, -0.2) is 24.0 Å². The summed E-state index contributed by atoms with van der Waals surface area (Å²) in [5.41, 5.74) is 3.33. The molecule has 1 atom stereocenters. The van der Waals surface area contributed by atoms with Gasteiger partial charge in [0.2, 0.25) is 0 Å². The number of thioether (sulfide) groups is 1. The van der Waals surface area contributed by atoms with E-state index >= 15 is 0 Å². The van der Waals surface area contributed by atoms with Gasteiger partial charge in [0.05, 0.1) is 0 Å². The van der Waals surface area contributed by atoms with Gasteiger partial charge in [-0.2, -0.15) is 11.8 Å². The van der Waals surface area contributed by atoms with Crippen LogP contribution in [0.15, 0.2) is 18.2 Å². The fourth-order valence-electron chi connectivity index (χ4n) is 2.17. The van der Waals surface area contributed by atoms with Gasteiger partial charge in [-0.15, -0.1) is 0 Å². The molecule has 1 amide bonds. The minimum atomic E-state index is 0.0469. The molecule has 1 aromatic rings. The predicted octanol–water partition coefficient (Wildman–Crippen LogP) is 2.16. The second-order valence-electron chi connectivity index (χ2n) is 4.62. The van der Waals surface area contributed by atoms with E-state index in [1.54, 1.807) is 11.8 Å². The van der Waals surface area contributed by atoms with Crippen LogP contribution in [0.3, 0.4) is 0 Å². The highest BCUT2D eigenvalue weighted by Gasteiger charge is 2.15. The lowest BCUT2D eigenvalue weighted by molar-refractivity contribution is 0.0940. The number of carbonyl (C=O) groups excluding carboxylic acids is 1.